The molecule has 0 spiro atoms. The molecule has 1 atom stereocenters. The van der Waals surface area contributed by atoms with Crippen LogP contribution in [-0.2, 0) is 5.41 Å². The molecule has 27 heavy (non-hydrogen) atoms. The fraction of sp³-hybridized carbons (Fsp3) is 0.435. The molecular weight excluding hydrogens is 334 g/mol. The Labute approximate surface area is 162 Å². The minimum absolute atomic E-state index is 0.0699. The summed E-state index contributed by atoms with van der Waals surface area (Å²) in [5, 5.41) is 3.08. The normalized spacial score (nSPS) is 17.6. The molecule has 0 saturated carbocycles. The van der Waals surface area contributed by atoms with E-state index in [1.807, 2.05) is 42.5 Å². The summed E-state index contributed by atoms with van der Waals surface area (Å²) >= 11 is 0. The maximum absolute atomic E-state index is 12.8. The van der Waals surface area contributed by atoms with Crippen molar-refractivity contribution in [3.05, 3.63) is 53.6 Å². The van der Waals surface area contributed by atoms with Gasteiger partial charge >= 0.3 is 0 Å². The molecule has 0 aromatic heterocycles. The summed E-state index contributed by atoms with van der Waals surface area (Å²) in [5.41, 5.74) is 10.4. The quantitative estimate of drug-likeness (QED) is 0.735. The highest BCUT2D eigenvalue weighted by Crippen LogP contribution is 2.33. The Kier molecular flexibility index (Phi) is 5.45. The third-order valence-electron chi connectivity index (χ3n) is 5.39. The standard InChI is InChI=1S/C23H31N3O/c1-16-7-5-6-14-26(16)21-13-12-19(24)15-20(21)25-22(27)17-8-10-18(11-9-17)23(2,3)4/h8-13,15-16H,5-7,14,24H2,1-4H3,(H,25,27). The Bertz CT molecular complexity index is 805. The Hall–Kier alpha value is -2.49. The second-order valence-corrected chi connectivity index (χ2v) is 8.60. The molecule has 3 N–H and O–H groups in total. The summed E-state index contributed by atoms with van der Waals surface area (Å²) in [6.45, 7) is 9.75. The van der Waals surface area contributed by atoms with Crippen LogP contribution in [0, 0.1) is 0 Å². The van der Waals surface area contributed by atoms with E-state index in [1.165, 1.54) is 24.8 Å². The largest absolute Gasteiger partial charge is 0.399 e. The van der Waals surface area contributed by atoms with Crippen LogP contribution in [0.2, 0.25) is 0 Å². The Balaban J connectivity index is 1.84. The van der Waals surface area contributed by atoms with Gasteiger partial charge in [0, 0.05) is 23.8 Å². The Morgan fingerprint density at radius 3 is 2.44 bits per heavy atom. The van der Waals surface area contributed by atoms with Crippen LogP contribution in [0.1, 0.15) is 62.9 Å². The zero-order valence-corrected chi connectivity index (χ0v) is 16.9. The highest BCUT2D eigenvalue weighted by atomic mass is 16.1. The smallest absolute Gasteiger partial charge is 0.255 e. The summed E-state index contributed by atoms with van der Waals surface area (Å²) in [6.07, 6.45) is 3.61. The summed E-state index contributed by atoms with van der Waals surface area (Å²) in [6, 6.07) is 14.1. The van der Waals surface area contributed by atoms with Crippen molar-refractivity contribution in [2.75, 3.05) is 22.5 Å². The second-order valence-electron chi connectivity index (χ2n) is 8.60. The van der Waals surface area contributed by atoms with E-state index in [2.05, 4.69) is 37.9 Å². The van der Waals surface area contributed by atoms with Gasteiger partial charge < -0.3 is 16.0 Å². The maximum Gasteiger partial charge on any atom is 0.255 e. The number of carbonyl (C=O) groups is 1. The van der Waals surface area contributed by atoms with Crippen molar-refractivity contribution in [3.63, 3.8) is 0 Å². The van der Waals surface area contributed by atoms with Gasteiger partial charge in [0.25, 0.3) is 5.91 Å². The molecule has 1 aliphatic heterocycles. The van der Waals surface area contributed by atoms with Crippen LogP contribution in [0.3, 0.4) is 0 Å². The van der Waals surface area contributed by atoms with Crippen LogP contribution in [0.25, 0.3) is 0 Å². The van der Waals surface area contributed by atoms with Crippen LogP contribution in [0.5, 0.6) is 0 Å². The lowest BCUT2D eigenvalue weighted by Gasteiger charge is -2.36. The van der Waals surface area contributed by atoms with Gasteiger partial charge in [0.15, 0.2) is 0 Å². The van der Waals surface area contributed by atoms with Crippen molar-refractivity contribution in [1.82, 2.24) is 0 Å². The number of rotatable bonds is 3. The van der Waals surface area contributed by atoms with E-state index in [-0.39, 0.29) is 11.3 Å². The van der Waals surface area contributed by atoms with Gasteiger partial charge in [0.05, 0.1) is 11.4 Å². The van der Waals surface area contributed by atoms with E-state index in [0.717, 1.165) is 17.9 Å². The molecule has 1 saturated heterocycles. The summed E-state index contributed by atoms with van der Waals surface area (Å²) in [5.74, 6) is -0.105. The number of hydrogen-bond donors (Lipinski definition) is 2. The molecule has 0 radical (unpaired) electrons. The third-order valence-corrected chi connectivity index (χ3v) is 5.39. The first-order valence-corrected chi connectivity index (χ1v) is 9.84. The molecule has 1 unspecified atom stereocenters. The monoisotopic (exact) mass is 365 g/mol. The number of nitrogen functional groups attached to an aromatic ring is 1. The van der Waals surface area contributed by atoms with E-state index < -0.39 is 0 Å². The van der Waals surface area contributed by atoms with Crippen molar-refractivity contribution in [1.29, 1.82) is 0 Å². The van der Waals surface area contributed by atoms with Crippen molar-refractivity contribution >= 4 is 23.0 Å². The number of nitrogens with zero attached hydrogens (tertiary/aromatic N) is 1. The van der Waals surface area contributed by atoms with Crippen LogP contribution < -0.4 is 16.0 Å². The van der Waals surface area contributed by atoms with Gasteiger partial charge in [0.2, 0.25) is 0 Å². The van der Waals surface area contributed by atoms with Crippen LogP contribution in [-0.4, -0.2) is 18.5 Å². The summed E-state index contributed by atoms with van der Waals surface area (Å²) < 4.78 is 0. The minimum atomic E-state index is -0.105. The van der Waals surface area contributed by atoms with E-state index in [0.29, 0.717) is 17.3 Å². The lowest BCUT2D eigenvalue weighted by Crippen LogP contribution is -2.38. The molecule has 0 bridgehead atoms. The molecule has 2 aromatic carbocycles. The molecule has 4 nitrogen and oxygen atoms in total. The molecule has 4 heteroatoms. The molecule has 1 fully saturated rings. The van der Waals surface area contributed by atoms with Gasteiger partial charge in [0.1, 0.15) is 0 Å². The second kappa shape index (κ2) is 7.63. The van der Waals surface area contributed by atoms with Crippen LogP contribution in [0.4, 0.5) is 17.1 Å². The first kappa shape index (κ1) is 19.3. The molecule has 1 amide bonds. The number of hydrogen-bond acceptors (Lipinski definition) is 3. The van der Waals surface area contributed by atoms with Gasteiger partial charge in [-0.05, 0) is 67.5 Å². The fourth-order valence-corrected chi connectivity index (χ4v) is 3.68. The van der Waals surface area contributed by atoms with E-state index in [9.17, 15) is 4.79 Å². The predicted octanol–water partition coefficient (Wildman–Crippen LogP) is 5.20. The van der Waals surface area contributed by atoms with Gasteiger partial charge in [-0.25, -0.2) is 0 Å². The van der Waals surface area contributed by atoms with Gasteiger partial charge in [-0.3, -0.25) is 4.79 Å². The van der Waals surface area contributed by atoms with Crippen molar-refractivity contribution in [2.45, 2.75) is 58.4 Å². The first-order chi connectivity index (χ1) is 12.8. The molecule has 1 aliphatic rings. The SMILES string of the molecule is CC1CCCCN1c1ccc(N)cc1NC(=O)c1ccc(C(C)(C)C)cc1. The number of piperidine rings is 1. The van der Waals surface area contributed by atoms with E-state index >= 15 is 0 Å². The minimum Gasteiger partial charge on any atom is -0.399 e. The number of anilines is 3. The predicted molar refractivity (Wildman–Crippen MR) is 115 cm³/mol. The molecule has 3 rings (SSSR count). The lowest BCUT2D eigenvalue weighted by molar-refractivity contribution is 0.102. The lowest BCUT2D eigenvalue weighted by atomic mass is 9.87. The van der Waals surface area contributed by atoms with Crippen LogP contribution >= 0.6 is 0 Å². The number of nitrogens with two attached hydrogens (primary N) is 1. The zero-order valence-electron chi connectivity index (χ0n) is 16.9. The average Bonchev–Trinajstić information content (AvgIpc) is 2.62. The highest BCUT2D eigenvalue weighted by molar-refractivity contribution is 6.06. The number of amides is 1. The van der Waals surface area contributed by atoms with Gasteiger partial charge in [-0.15, -0.1) is 0 Å². The zero-order chi connectivity index (χ0) is 19.6. The molecule has 144 valence electrons. The number of carbonyl (C=O) groups excluding carboxylic acids is 1. The Morgan fingerprint density at radius 1 is 1.11 bits per heavy atom. The van der Waals surface area contributed by atoms with E-state index in [1.54, 1.807) is 0 Å². The number of nitrogens with one attached hydrogen (secondary N) is 1. The fourth-order valence-electron chi connectivity index (χ4n) is 3.68. The first-order valence-electron chi connectivity index (χ1n) is 9.84. The van der Waals surface area contributed by atoms with Gasteiger partial charge in [-0.1, -0.05) is 32.9 Å². The summed E-state index contributed by atoms with van der Waals surface area (Å²) in [7, 11) is 0. The molecule has 1 heterocycles. The Morgan fingerprint density at radius 2 is 1.81 bits per heavy atom. The molecule has 2 aromatic rings. The molecular formula is C23H31N3O. The third kappa shape index (κ3) is 4.44. The topological polar surface area (TPSA) is 58.4 Å². The van der Waals surface area contributed by atoms with E-state index in [4.69, 9.17) is 5.73 Å². The number of benzene rings is 2. The van der Waals surface area contributed by atoms with Crippen LogP contribution in [0.15, 0.2) is 42.5 Å². The van der Waals surface area contributed by atoms with Crippen molar-refractivity contribution in [2.24, 2.45) is 0 Å². The van der Waals surface area contributed by atoms with Crippen molar-refractivity contribution < 1.29 is 4.79 Å². The average molecular weight is 366 g/mol. The maximum atomic E-state index is 12.8. The van der Waals surface area contributed by atoms with Crippen molar-refractivity contribution in [3.8, 4) is 0 Å². The van der Waals surface area contributed by atoms with Gasteiger partial charge in [-0.2, -0.15) is 0 Å². The highest BCUT2D eigenvalue weighted by Gasteiger charge is 2.22. The summed E-state index contributed by atoms with van der Waals surface area (Å²) in [4.78, 5) is 15.2. The molecule has 0 aliphatic carbocycles.